The van der Waals surface area contributed by atoms with Crippen molar-refractivity contribution in [3.05, 3.63) is 0 Å². The first kappa shape index (κ1) is 9.92. The first-order valence-electron chi connectivity index (χ1n) is 4.05. The van der Waals surface area contributed by atoms with E-state index in [0.717, 1.165) is 6.61 Å². The molecule has 1 saturated heterocycles. The van der Waals surface area contributed by atoms with Crippen LogP contribution in [-0.4, -0.2) is 18.2 Å². The minimum atomic E-state index is 0. The maximum Gasteiger partial charge on any atom is 0.0575 e. The van der Waals surface area contributed by atoms with Gasteiger partial charge in [-0.25, -0.2) is 0 Å². The normalized spacial score (nSPS) is 25.5. The molecule has 1 heterocycles. The molecular formula is C8H18O2. The second kappa shape index (κ2) is 5.69. The smallest absolute Gasteiger partial charge is 0.0575 e. The molecule has 2 nitrogen and oxygen atoms in total. The molecule has 10 heavy (non-hydrogen) atoms. The van der Waals surface area contributed by atoms with Gasteiger partial charge in [-0.2, -0.15) is 0 Å². The van der Waals surface area contributed by atoms with Gasteiger partial charge in [0.05, 0.1) is 6.10 Å². The van der Waals surface area contributed by atoms with Crippen molar-refractivity contribution in [1.82, 2.24) is 0 Å². The molecule has 0 amide bonds. The van der Waals surface area contributed by atoms with Crippen LogP contribution in [0.2, 0.25) is 0 Å². The Morgan fingerprint density at radius 2 is 2.20 bits per heavy atom. The molecule has 62 valence electrons. The molecule has 1 rings (SSSR count). The van der Waals surface area contributed by atoms with E-state index in [1.807, 2.05) is 0 Å². The van der Waals surface area contributed by atoms with Crippen LogP contribution in [0.4, 0.5) is 0 Å². The van der Waals surface area contributed by atoms with Crippen molar-refractivity contribution in [1.29, 1.82) is 0 Å². The first-order chi connectivity index (χ1) is 4.43. The van der Waals surface area contributed by atoms with E-state index in [1.54, 1.807) is 0 Å². The molecule has 1 aliphatic heterocycles. The van der Waals surface area contributed by atoms with Gasteiger partial charge in [0, 0.05) is 6.61 Å². The standard InChI is InChI=1S/C8H16O.H2O/c1-2-5-8-6-3-4-7-9-8;/h8H,2-7H2,1H3;1H2. The van der Waals surface area contributed by atoms with Crippen molar-refractivity contribution in [3.8, 4) is 0 Å². The monoisotopic (exact) mass is 146 g/mol. The lowest BCUT2D eigenvalue weighted by Crippen LogP contribution is -2.18. The highest BCUT2D eigenvalue weighted by molar-refractivity contribution is 4.61. The Kier molecular flexibility index (Phi) is 5.64. The topological polar surface area (TPSA) is 40.7 Å². The fourth-order valence-electron chi connectivity index (χ4n) is 1.36. The number of rotatable bonds is 2. The van der Waals surface area contributed by atoms with Gasteiger partial charge in [-0.3, -0.25) is 0 Å². The maximum absolute atomic E-state index is 5.52. The minimum Gasteiger partial charge on any atom is -0.412 e. The van der Waals surface area contributed by atoms with Gasteiger partial charge in [0.15, 0.2) is 0 Å². The summed E-state index contributed by atoms with van der Waals surface area (Å²) in [6.45, 7) is 3.22. The molecule has 2 heteroatoms. The van der Waals surface area contributed by atoms with E-state index in [0.29, 0.717) is 6.10 Å². The van der Waals surface area contributed by atoms with Crippen molar-refractivity contribution in [2.45, 2.75) is 45.1 Å². The van der Waals surface area contributed by atoms with Crippen molar-refractivity contribution in [3.63, 3.8) is 0 Å². The van der Waals surface area contributed by atoms with Crippen molar-refractivity contribution in [2.24, 2.45) is 0 Å². The predicted molar refractivity (Wildman–Crippen MR) is 42.1 cm³/mol. The highest BCUT2D eigenvalue weighted by Crippen LogP contribution is 2.16. The quantitative estimate of drug-likeness (QED) is 0.582. The van der Waals surface area contributed by atoms with Crippen LogP contribution in [0.3, 0.4) is 0 Å². The third-order valence-electron chi connectivity index (χ3n) is 1.88. The molecule has 0 aromatic heterocycles. The molecule has 1 aliphatic rings. The van der Waals surface area contributed by atoms with Crippen LogP contribution < -0.4 is 0 Å². The van der Waals surface area contributed by atoms with E-state index in [1.165, 1.54) is 32.1 Å². The van der Waals surface area contributed by atoms with Crippen LogP contribution in [0.5, 0.6) is 0 Å². The van der Waals surface area contributed by atoms with E-state index in [2.05, 4.69) is 6.92 Å². The SMILES string of the molecule is CCCC1CCCCO1.O. The van der Waals surface area contributed by atoms with E-state index in [4.69, 9.17) is 4.74 Å². The first-order valence-corrected chi connectivity index (χ1v) is 4.05. The Labute approximate surface area is 62.9 Å². The molecule has 1 atom stereocenters. The second-order valence-corrected chi connectivity index (χ2v) is 2.78. The van der Waals surface area contributed by atoms with Crippen LogP contribution in [0.25, 0.3) is 0 Å². The molecule has 0 saturated carbocycles. The average molecular weight is 146 g/mol. The highest BCUT2D eigenvalue weighted by Gasteiger charge is 2.11. The van der Waals surface area contributed by atoms with E-state index in [9.17, 15) is 0 Å². The van der Waals surface area contributed by atoms with Gasteiger partial charge in [0.25, 0.3) is 0 Å². The zero-order chi connectivity index (χ0) is 6.53. The zero-order valence-electron chi connectivity index (χ0n) is 6.73. The lowest BCUT2D eigenvalue weighted by atomic mass is 10.1. The molecular weight excluding hydrogens is 128 g/mol. The number of hydrogen-bond donors (Lipinski definition) is 0. The van der Waals surface area contributed by atoms with Crippen LogP contribution >= 0.6 is 0 Å². The van der Waals surface area contributed by atoms with Crippen LogP contribution in [0, 0.1) is 0 Å². The van der Waals surface area contributed by atoms with Gasteiger partial charge >= 0.3 is 0 Å². The van der Waals surface area contributed by atoms with Gasteiger partial charge in [0.1, 0.15) is 0 Å². The Morgan fingerprint density at radius 3 is 2.70 bits per heavy atom. The third kappa shape index (κ3) is 3.18. The van der Waals surface area contributed by atoms with Crippen molar-refractivity contribution in [2.75, 3.05) is 6.61 Å². The Morgan fingerprint density at radius 1 is 1.40 bits per heavy atom. The Balaban J connectivity index is 0.000000810. The van der Waals surface area contributed by atoms with Crippen LogP contribution in [0.1, 0.15) is 39.0 Å². The molecule has 1 unspecified atom stereocenters. The number of ether oxygens (including phenoxy) is 1. The van der Waals surface area contributed by atoms with E-state index < -0.39 is 0 Å². The fraction of sp³-hybridized carbons (Fsp3) is 1.00. The molecule has 2 N–H and O–H groups in total. The third-order valence-corrected chi connectivity index (χ3v) is 1.88. The van der Waals surface area contributed by atoms with E-state index in [-0.39, 0.29) is 5.48 Å². The van der Waals surface area contributed by atoms with Gasteiger partial charge in [-0.05, 0) is 25.7 Å². The average Bonchev–Trinajstić information content (AvgIpc) is 1.91. The lowest BCUT2D eigenvalue weighted by molar-refractivity contribution is 0.0109. The fourth-order valence-corrected chi connectivity index (χ4v) is 1.36. The summed E-state index contributed by atoms with van der Waals surface area (Å²) >= 11 is 0. The molecule has 1 fully saturated rings. The summed E-state index contributed by atoms with van der Waals surface area (Å²) < 4.78 is 5.52. The molecule has 0 bridgehead atoms. The Bertz CT molecular complexity index is 64.9. The van der Waals surface area contributed by atoms with Gasteiger partial charge in [-0.15, -0.1) is 0 Å². The minimum absolute atomic E-state index is 0. The molecule has 0 spiro atoms. The summed E-state index contributed by atoms with van der Waals surface area (Å²) in [5, 5.41) is 0. The zero-order valence-corrected chi connectivity index (χ0v) is 6.73. The number of hydrogen-bond acceptors (Lipinski definition) is 1. The molecule has 0 aromatic rings. The predicted octanol–water partition coefficient (Wildman–Crippen LogP) is 1.53. The molecule has 0 radical (unpaired) electrons. The Hall–Kier alpha value is -0.0800. The largest absolute Gasteiger partial charge is 0.412 e. The van der Waals surface area contributed by atoms with Gasteiger partial charge in [0.2, 0.25) is 0 Å². The van der Waals surface area contributed by atoms with Crippen molar-refractivity contribution >= 4 is 0 Å². The summed E-state index contributed by atoms with van der Waals surface area (Å²) in [5.41, 5.74) is 0. The van der Waals surface area contributed by atoms with Crippen LogP contribution in [0.15, 0.2) is 0 Å². The maximum atomic E-state index is 5.52. The van der Waals surface area contributed by atoms with Gasteiger partial charge < -0.3 is 10.2 Å². The lowest BCUT2D eigenvalue weighted by Gasteiger charge is -2.21. The molecule has 0 aliphatic carbocycles. The van der Waals surface area contributed by atoms with Gasteiger partial charge in [-0.1, -0.05) is 13.3 Å². The second-order valence-electron chi connectivity index (χ2n) is 2.78. The summed E-state index contributed by atoms with van der Waals surface area (Å²) in [4.78, 5) is 0. The summed E-state index contributed by atoms with van der Waals surface area (Å²) in [7, 11) is 0. The van der Waals surface area contributed by atoms with E-state index >= 15 is 0 Å². The molecule has 0 aromatic carbocycles. The summed E-state index contributed by atoms with van der Waals surface area (Å²) in [6.07, 6.45) is 7.09. The summed E-state index contributed by atoms with van der Waals surface area (Å²) in [6, 6.07) is 0. The van der Waals surface area contributed by atoms with Crippen LogP contribution in [-0.2, 0) is 4.74 Å². The van der Waals surface area contributed by atoms with Crippen molar-refractivity contribution < 1.29 is 10.2 Å². The summed E-state index contributed by atoms with van der Waals surface area (Å²) in [5.74, 6) is 0. The highest BCUT2D eigenvalue weighted by atomic mass is 16.5.